The smallest absolute Gasteiger partial charge is 0.537 e. The fraction of sp³-hybridized carbons (Fsp3) is 0.0769. The fourth-order valence-corrected chi connectivity index (χ4v) is 2.73. The van der Waals surface area contributed by atoms with Crippen molar-refractivity contribution in [2.45, 2.75) is 13.8 Å². The molecule has 1 radical (unpaired) electrons. The number of halogens is 1. The minimum Gasteiger partial charge on any atom is -0.537 e. The van der Waals surface area contributed by atoms with Gasteiger partial charge in [-0.15, -0.1) is 0 Å². The second-order valence-corrected chi connectivity index (χ2v) is 7.48. The molecule has 4 aromatic carbocycles. The topological polar surface area (TPSA) is 29.5 Å². The van der Waals surface area contributed by atoms with E-state index in [1.54, 1.807) is 12.1 Å². The third-order valence-corrected chi connectivity index (χ3v) is 4.63. The van der Waals surface area contributed by atoms with E-state index in [0.717, 1.165) is 4.47 Å². The molecule has 4 heteroatoms. The van der Waals surface area contributed by atoms with Crippen molar-refractivity contribution >= 4 is 23.6 Å². The summed E-state index contributed by atoms with van der Waals surface area (Å²) in [6.07, 6.45) is 0. The Hall–Kier alpha value is -2.82. The van der Waals surface area contributed by atoms with Crippen LogP contribution in [-0.2, 0) is 0 Å². The number of para-hydroxylation sites is 1. The average molecular weight is 460 g/mol. The summed E-state index contributed by atoms with van der Waals surface area (Å²) in [5.41, 5.74) is 5.17. The lowest BCUT2D eigenvalue weighted by atomic mass is 10.0. The van der Waals surface area contributed by atoms with Crippen LogP contribution in [0.15, 0.2) is 114 Å². The molecule has 0 spiro atoms. The molecule has 0 aliphatic heterocycles. The van der Waals surface area contributed by atoms with Gasteiger partial charge in [0.05, 0.1) is 5.75 Å². The summed E-state index contributed by atoms with van der Waals surface area (Å²) in [5.74, 6) is 0.639. The summed E-state index contributed by atoms with van der Waals surface area (Å²) in [5, 5.41) is 8.17. The Bertz CT molecular complexity index is 936. The van der Waals surface area contributed by atoms with Gasteiger partial charge in [-0.05, 0) is 49.2 Å². The summed E-state index contributed by atoms with van der Waals surface area (Å²) in [6.45, 7) is 4.18. The molecule has 0 saturated heterocycles. The molecule has 151 valence electrons. The van der Waals surface area contributed by atoms with E-state index in [-0.39, 0.29) is 0 Å². The summed E-state index contributed by atoms with van der Waals surface area (Å²) < 4.78 is 5.78. The van der Waals surface area contributed by atoms with E-state index in [2.05, 4.69) is 95.1 Å². The van der Waals surface area contributed by atoms with Gasteiger partial charge in [0, 0.05) is 4.47 Å². The van der Waals surface area contributed by atoms with Gasteiger partial charge in [-0.25, -0.2) is 0 Å². The monoisotopic (exact) mass is 459 g/mol. The van der Waals surface area contributed by atoms with Crippen molar-refractivity contribution in [3.8, 4) is 16.9 Å². The zero-order valence-corrected chi connectivity index (χ0v) is 18.8. The van der Waals surface area contributed by atoms with Crippen LogP contribution in [0.1, 0.15) is 11.1 Å². The van der Waals surface area contributed by atoms with Crippen molar-refractivity contribution in [3.05, 3.63) is 125 Å². The van der Waals surface area contributed by atoms with Crippen LogP contribution in [0.25, 0.3) is 11.1 Å². The molecule has 0 unspecified atom stereocenters. The van der Waals surface area contributed by atoms with Gasteiger partial charge in [0.1, 0.15) is 0 Å². The zero-order chi connectivity index (χ0) is 21.6. The highest BCUT2D eigenvalue weighted by atomic mass is 79.9. The zero-order valence-electron chi connectivity index (χ0n) is 17.2. The van der Waals surface area contributed by atoms with Crippen LogP contribution >= 0.6 is 15.9 Å². The van der Waals surface area contributed by atoms with E-state index in [1.165, 1.54) is 22.3 Å². The maximum atomic E-state index is 8.17. The van der Waals surface area contributed by atoms with Gasteiger partial charge >= 0.3 is 7.69 Å². The molecule has 4 rings (SSSR count). The van der Waals surface area contributed by atoms with Crippen molar-refractivity contribution in [3.63, 3.8) is 0 Å². The van der Waals surface area contributed by atoms with Gasteiger partial charge < -0.3 is 9.68 Å². The predicted octanol–water partition coefficient (Wildman–Crippen LogP) is 7.01. The first kappa shape index (κ1) is 23.5. The molecule has 0 fully saturated rings. The van der Waals surface area contributed by atoms with Crippen LogP contribution in [0, 0.1) is 13.8 Å². The minimum atomic E-state index is 0.639. The van der Waals surface area contributed by atoms with E-state index < -0.39 is 0 Å². The van der Waals surface area contributed by atoms with Gasteiger partial charge in [0.25, 0.3) is 0 Å². The van der Waals surface area contributed by atoms with Crippen molar-refractivity contribution < 1.29 is 9.68 Å². The van der Waals surface area contributed by atoms with Crippen molar-refractivity contribution in [1.29, 1.82) is 0 Å². The number of benzene rings is 4. The quantitative estimate of drug-likeness (QED) is 0.334. The summed E-state index contributed by atoms with van der Waals surface area (Å²) >= 11 is 3.35. The fourth-order valence-electron chi connectivity index (χ4n) is 2.47. The summed E-state index contributed by atoms with van der Waals surface area (Å²) in [4.78, 5) is 0. The number of hydrogen-bond acceptors (Lipinski definition) is 2. The minimum absolute atomic E-state index is 0.639. The second kappa shape index (κ2) is 13.4. The molecule has 0 bridgehead atoms. The first-order valence-electron chi connectivity index (χ1n) is 9.60. The van der Waals surface area contributed by atoms with Gasteiger partial charge in [-0.2, -0.15) is 0 Å². The van der Waals surface area contributed by atoms with Crippen molar-refractivity contribution in [2.75, 3.05) is 0 Å². The van der Waals surface area contributed by atoms with E-state index in [0.29, 0.717) is 13.4 Å². The standard InChI is InChI=1S/C13H12.C7H7Br.C6H6BO2/c1-11-7-9-13(10-8-11)12-5-3-2-4-6-12;1-6-2-4-7(8)5-3-6;8-7-9-6-4-2-1-3-5-6/h2-10H,1H3;2-5H,1H3;1-5,8H. The van der Waals surface area contributed by atoms with Crippen molar-refractivity contribution in [1.82, 2.24) is 0 Å². The maximum Gasteiger partial charge on any atom is 0.569 e. The predicted molar refractivity (Wildman–Crippen MR) is 131 cm³/mol. The summed E-state index contributed by atoms with van der Waals surface area (Å²) in [6, 6.07) is 36.3. The van der Waals surface area contributed by atoms with Crippen molar-refractivity contribution in [2.24, 2.45) is 0 Å². The Morgan fingerprint density at radius 1 is 0.600 bits per heavy atom. The lowest BCUT2D eigenvalue weighted by Crippen LogP contribution is -1.98. The van der Waals surface area contributed by atoms with E-state index >= 15 is 0 Å². The molecule has 4 aromatic rings. The highest BCUT2D eigenvalue weighted by Crippen LogP contribution is 2.18. The molecule has 0 aliphatic carbocycles. The Morgan fingerprint density at radius 2 is 1.03 bits per heavy atom. The first-order valence-corrected chi connectivity index (χ1v) is 10.4. The molecule has 0 saturated carbocycles. The Labute approximate surface area is 188 Å². The molecular formula is C26H25BBrO2. The molecule has 1 N–H and O–H groups in total. The highest BCUT2D eigenvalue weighted by Gasteiger charge is 1.94. The summed E-state index contributed by atoms with van der Waals surface area (Å²) in [7, 11) is 0.662. The molecule has 2 nitrogen and oxygen atoms in total. The molecule has 0 amide bonds. The normalized spacial score (nSPS) is 9.33. The first-order chi connectivity index (χ1) is 14.6. The molecular weight excluding hydrogens is 435 g/mol. The van der Waals surface area contributed by atoms with E-state index in [9.17, 15) is 0 Å². The third-order valence-electron chi connectivity index (χ3n) is 4.10. The molecule has 0 aromatic heterocycles. The van der Waals surface area contributed by atoms with Gasteiger partial charge in [0.15, 0.2) is 0 Å². The molecule has 0 aliphatic rings. The highest BCUT2D eigenvalue weighted by molar-refractivity contribution is 9.10. The van der Waals surface area contributed by atoms with E-state index in [1.807, 2.05) is 36.4 Å². The van der Waals surface area contributed by atoms with Crippen LogP contribution in [0.3, 0.4) is 0 Å². The Balaban J connectivity index is 0.000000167. The largest absolute Gasteiger partial charge is 0.569 e. The lowest BCUT2D eigenvalue weighted by molar-refractivity contribution is 0.454. The number of aryl methyl sites for hydroxylation is 2. The van der Waals surface area contributed by atoms with Gasteiger partial charge in [-0.1, -0.05) is 112 Å². The third kappa shape index (κ3) is 9.12. The number of rotatable bonds is 3. The number of hydrogen-bond donors (Lipinski definition) is 1. The lowest BCUT2D eigenvalue weighted by Gasteiger charge is -2.00. The van der Waals surface area contributed by atoms with Crippen LogP contribution in [0.5, 0.6) is 5.75 Å². The second-order valence-electron chi connectivity index (χ2n) is 6.56. The average Bonchev–Trinajstić information content (AvgIpc) is 2.79. The van der Waals surface area contributed by atoms with Crippen LogP contribution < -0.4 is 4.65 Å². The molecule has 30 heavy (non-hydrogen) atoms. The van der Waals surface area contributed by atoms with E-state index in [4.69, 9.17) is 5.02 Å². The van der Waals surface area contributed by atoms with Crippen LogP contribution in [0.4, 0.5) is 0 Å². The molecule has 0 atom stereocenters. The maximum absolute atomic E-state index is 8.17. The van der Waals surface area contributed by atoms with Gasteiger partial charge in [-0.3, -0.25) is 0 Å². The SMILES string of the molecule is Cc1ccc(-c2ccccc2)cc1.Cc1ccc(Br)cc1.O[B]Oc1ccccc1. The molecule has 0 heterocycles. The van der Waals surface area contributed by atoms with Crippen LogP contribution in [-0.4, -0.2) is 12.7 Å². The van der Waals surface area contributed by atoms with Crippen LogP contribution in [0.2, 0.25) is 0 Å². The Kier molecular flexibility index (Phi) is 10.5. The Morgan fingerprint density at radius 3 is 1.50 bits per heavy atom. The van der Waals surface area contributed by atoms with Gasteiger partial charge in [0.2, 0.25) is 0 Å².